The van der Waals surface area contributed by atoms with Crippen LogP contribution in [0.1, 0.15) is 10.4 Å². The molecule has 0 unspecified atom stereocenters. The van der Waals surface area contributed by atoms with E-state index in [4.69, 9.17) is 5.73 Å². The maximum Gasteiger partial charge on any atom is 0.181 e. The number of thiophene rings is 1. The second-order valence-electron chi connectivity index (χ2n) is 3.60. The number of aromatic nitrogens is 1. The van der Waals surface area contributed by atoms with Crippen molar-refractivity contribution in [1.29, 1.82) is 0 Å². The lowest BCUT2D eigenvalue weighted by molar-refractivity contribution is 1.24. The SMILES string of the molecule is Nc1nc2sc(Cc3ccccc3)cc2s1. The predicted octanol–water partition coefficient (Wildman–Crippen LogP) is 3.53. The number of nitrogens with two attached hydrogens (primary N) is 1. The monoisotopic (exact) mass is 246 g/mol. The standard InChI is InChI=1S/C12H10N2S2/c13-12-14-11-10(16-12)7-9(15-11)6-8-4-2-1-3-5-8/h1-5,7H,6H2,(H2,13,14). The minimum Gasteiger partial charge on any atom is -0.375 e. The molecule has 0 aliphatic carbocycles. The zero-order valence-corrected chi connectivity index (χ0v) is 10.1. The third kappa shape index (κ3) is 1.81. The molecule has 0 saturated carbocycles. The number of thiazole rings is 1. The Morgan fingerprint density at radius 3 is 2.69 bits per heavy atom. The van der Waals surface area contributed by atoms with Crippen LogP contribution in [0.2, 0.25) is 0 Å². The molecule has 2 aromatic heterocycles. The fraction of sp³-hybridized carbons (Fsp3) is 0.0833. The van der Waals surface area contributed by atoms with Crippen molar-refractivity contribution in [3.8, 4) is 0 Å². The van der Waals surface area contributed by atoms with E-state index in [1.165, 1.54) is 15.1 Å². The summed E-state index contributed by atoms with van der Waals surface area (Å²) in [6.45, 7) is 0. The van der Waals surface area contributed by atoms with Gasteiger partial charge in [-0.15, -0.1) is 11.3 Å². The van der Waals surface area contributed by atoms with Crippen molar-refractivity contribution in [3.05, 3.63) is 46.8 Å². The van der Waals surface area contributed by atoms with Crippen molar-refractivity contribution in [2.75, 3.05) is 5.73 Å². The van der Waals surface area contributed by atoms with Gasteiger partial charge in [-0.3, -0.25) is 0 Å². The average Bonchev–Trinajstić information content (AvgIpc) is 2.76. The highest BCUT2D eigenvalue weighted by Gasteiger charge is 2.06. The maximum absolute atomic E-state index is 5.65. The molecule has 80 valence electrons. The van der Waals surface area contributed by atoms with Crippen LogP contribution in [0.5, 0.6) is 0 Å². The van der Waals surface area contributed by atoms with Gasteiger partial charge in [-0.25, -0.2) is 4.98 Å². The molecule has 3 rings (SSSR count). The molecule has 0 radical (unpaired) electrons. The molecule has 0 saturated heterocycles. The number of hydrogen-bond acceptors (Lipinski definition) is 4. The third-order valence-electron chi connectivity index (χ3n) is 2.38. The van der Waals surface area contributed by atoms with Gasteiger partial charge in [0, 0.05) is 11.3 Å². The average molecular weight is 246 g/mol. The fourth-order valence-corrected chi connectivity index (χ4v) is 3.73. The summed E-state index contributed by atoms with van der Waals surface area (Å²) in [5.74, 6) is 0. The number of fused-ring (bicyclic) bond motifs is 1. The zero-order chi connectivity index (χ0) is 11.0. The first-order chi connectivity index (χ1) is 7.81. The van der Waals surface area contributed by atoms with Crippen LogP contribution < -0.4 is 5.73 Å². The Bertz CT molecular complexity index is 579. The van der Waals surface area contributed by atoms with Gasteiger partial charge < -0.3 is 5.73 Å². The highest BCUT2D eigenvalue weighted by Crippen LogP contribution is 2.32. The summed E-state index contributed by atoms with van der Waals surface area (Å²) in [5, 5.41) is 0.660. The van der Waals surface area contributed by atoms with Crippen molar-refractivity contribution in [2.24, 2.45) is 0 Å². The third-order valence-corrected chi connectivity index (χ3v) is 4.37. The van der Waals surface area contributed by atoms with Gasteiger partial charge >= 0.3 is 0 Å². The van der Waals surface area contributed by atoms with Gasteiger partial charge in [-0.05, 0) is 11.6 Å². The van der Waals surface area contributed by atoms with Crippen molar-refractivity contribution in [3.63, 3.8) is 0 Å². The number of rotatable bonds is 2. The molecule has 3 aromatic rings. The Kier molecular flexibility index (Phi) is 2.38. The summed E-state index contributed by atoms with van der Waals surface area (Å²) in [6, 6.07) is 12.7. The molecule has 4 heteroatoms. The quantitative estimate of drug-likeness (QED) is 0.751. The lowest BCUT2D eigenvalue weighted by atomic mass is 10.1. The van der Waals surface area contributed by atoms with E-state index in [1.807, 2.05) is 6.07 Å². The number of hydrogen-bond donors (Lipinski definition) is 1. The molecule has 0 fully saturated rings. The lowest BCUT2D eigenvalue weighted by Crippen LogP contribution is -1.82. The molecule has 2 heterocycles. The van der Waals surface area contributed by atoms with Gasteiger partial charge in [-0.1, -0.05) is 41.7 Å². The molecule has 0 aliphatic rings. The number of benzene rings is 1. The first-order valence-electron chi connectivity index (χ1n) is 5.00. The summed E-state index contributed by atoms with van der Waals surface area (Å²) in [6.07, 6.45) is 0.981. The lowest BCUT2D eigenvalue weighted by Gasteiger charge is -1.96. The molecular weight excluding hydrogens is 236 g/mol. The summed E-state index contributed by atoms with van der Waals surface area (Å²) in [5.41, 5.74) is 6.99. The van der Waals surface area contributed by atoms with E-state index in [-0.39, 0.29) is 0 Å². The second-order valence-corrected chi connectivity index (χ2v) is 5.77. The van der Waals surface area contributed by atoms with Crippen LogP contribution in [0, 0.1) is 0 Å². The van der Waals surface area contributed by atoms with Gasteiger partial charge in [0.05, 0.1) is 4.70 Å². The Morgan fingerprint density at radius 2 is 1.94 bits per heavy atom. The van der Waals surface area contributed by atoms with E-state index in [0.29, 0.717) is 5.13 Å². The molecule has 0 spiro atoms. The molecule has 2 nitrogen and oxygen atoms in total. The molecular formula is C12H10N2S2. The summed E-state index contributed by atoms with van der Waals surface area (Å²) >= 11 is 3.29. The molecule has 0 bridgehead atoms. The van der Waals surface area contributed by atoms with Crippen LogP contribution in [0.25, 0.3) is 9.53 Å². The van der Waals surface area contributed by atoms with E-state index in [2.05, 4.69) is 35.3 Å². The van der Waals surface area contributed by atoms with E-state index in [0.717, 1.165) is 11.3 Å². The van der Waals surface area contributed by atoms with E-state index < -0.39 is 0 Å². The van der Waals surface area contributed by atoms with Crippen LogP contribution in [-0.2, 0) is 6.42 Å². The topological polar surface area (TPSA) is 38.9 Å². The highest BCUT2D eigenvalue weighted by molar-refractivity contribution is 7.28. The number of anilines is 1. The van der Waals surface area contributed by atoms with Crippen LogP contribution in [0.15, 0.2) is 36.4 Å². The molecule has 2 N–H and O–H groups in total. The Morgan fingerprint density at radius 1 is 1.12 bits per heavy atom. The van der Waals surface area contributed by atoms with Crippen molar-refractivity contribution < 1.29 is 0 Å². The second kappa shape index (κ2) is 3.88. The van der Waals surface area contributed by atoms with Crippen molar-refractivity contribution >= 4 is 37.3 Å². The highest BCUT2D eigenvalue weighted by atomic mass is 32.1. The molecule has 1 aromatic carbocycles. The number of nitrogen functional groups attached to an aromatic ring is 1. The van der Waals surface area contributed by atoms with E-state index in [9.17, 15) is 0 Å². The fourth-order valence-electron chi connectivity index (χ4n) is 1.68. The van der Waals surface area contributed by atoms with Gasteiger partial charge in [-0.2, -0.15) is 0 Å². The van der Waals surface area contributed by atoms with E-state index in [1.54, 1.807) is 22.7 Å². The van der Waals surface area contributed by atoms with Crippen molar-refractivity contribution in [1.82, 2.24) is 4.98 Å². The summed E-state index contributed by atoms with van der Waals surface area (Å²) in [7, 11) is 0. The largest absolute Gasteiger partial charge is 0.375 e. The first kappa shape index (κ1) is 9.81. The van der Waals surface area contributed by atoms with Gasteiger partial charge in [0.15, 0.2) is 5.13 Å². The first-order valence-corrected chi connectivity index (χ1v) is 6.63. The number of nitrogens with zero attached hydrogens (tertiary/aromatic N) is 1. The zero-order valence-electron chi connectivity index (χ0n) is 8.51. The summed E-state index contributed by atoms with van der Waals surface area (Å²) < 4.78 is 1.20. The Hall–Kier alpha value is -1.39. The van der Waals surface area contributed by atoms with Crippen LogP contribution >= 0.6 is 22.7 Å². The van der Waals surface area contributed by atoms with Crippen LogP contribution in [0.4, 0.5) is 5.13 Å². The minimum atomic E-state index is 0.660. The molecule has 16 heavy (non-hydrogen) atoms. The smallest absolute Gasteiger partial charge is 0.181 e. The van der Waals surface area contributed by atoms with Crippen molar-refractivity contribution in [2.45, 2.75) is 6.42 Å². The normalized spacial score (nSPS) is 11.0. The Balaban J connectivity index is 1.92. The Labute approximate surface area is 101 Å². The molecule has 0 atom stereocenters. The minimum absolute atomic E-state index is 0.660. The summed E-state index contributed by atoms with van der Waals surface area (Å²) in [4.78, 5) is 6.70. The van der Waals surface area contributed by atoms with Crippen LogP contribution in [-0.4, -0.2) is 4.98 Å². The van der Waals surface area contributed by atoms with Gasteiger partial charge in [0.1, 0.15) is 4.83 Å². The molecule has 0 amide bonds. The van der Waals surface area contributed by atoms with Crippen LogP contribution in [0.3, 0.4) is 0 Å². The van der Waals surface area contributed by atoms with Gasteiger partial charge in [0.25, 0.3) is 0 Å². The van der Waals surface area contributed by atoms with E-state index >= 15 is 0 Å². The van der Waals surface area contributed by atoms with Gasteiger partial charge in [0.2, 0.25) is 0 Å². The molecule has 0 aliphatic heterocycles. The maximum atomic E-state index is 5.65. The predicted molar refractivity (Wildman–Crippen MR) is 71.2 cm³/mol.